The lowest BCUT2D eigenvalue weighted by Gasteiger charge is -2.59. The van der Waals surface area contributed by atoms with Crippen molar-refractivity contribution in [3.05, 3.63) is 30.1 Å². The monoisotopic (exact) mass is 330 g/mol. The van der Waals surface area contributed by atoms with Crippen molar-refractivity contribution in [1.82, 2.24) is 5.32 Å². The molecule has 0 aliphatic heterocycles. The summed E-state index contributed by atoms with van der Waals surface area (Å²) in [5, 5.41) is 6.32. The Morgan fingerprint density at radius 3 is 2.21 bits per heavy atom. The van der Waals surface area contributed by atoms with Crippen LogP contribution in [0, 0.1) is 29.0 Å². The zero-order chi connectivity index (χ0) is 16.7. The minimum atomic E-state index is -0.290. The molecule has 4 aliphatic carbocycles. The van der Waals surface area contributed by atoms with Gasteiger partial charge in [0.15, 0.2) is 0 Å². The maximum Gasteiger partial charge on any atom is 0.238 e. The fourth-order valence-corrected chi connectivity index (χ4v) is 5.91. The Morgan fingerprint density at radius 1 is 1.12 bits per heavy atom. The maximum absolute atomic E-state index is 12.9. The Balaban J connectivity index is 1.32. The SMILES string of the molecule is C[C@@H](NCC(=O)Nc1ccc(F)cc1)C12CC3CC(CC(C3)C1)C2. The molecule has 4 heteroatoms. The molecule has 5 rings (SSSR count). The molecule has 4 fully saturated rings. The van der Waals surface area contributed by atoms with Crippen molar-refractivity contribution in [2.45, 2.75) is 51.5 Å². The molecule has 0 radical (unpaired) electrons. The van der Waals surface area contributed by atoms with E-state index in [-0.39, 0.29) is 11.7 Å². The van der Waals surface area contributed by atoms with Gasteiger partial charge in [0.1, 0.15) is 5.82 Å². The predicted molar refractivity (Wildman–Crippen MR) is 93.1 cm³/mol. The lowest BCUT2D eigenvalue weighted by atomic mass is 9.48. The first-order valence-electron chi connectivity index (χ1n) is 9.31. The number of hydrogen-bond acceptors (Lipinski definition) is 2. The summed E-state index contributed by atoms with van der Waals surface area (Å²) in [6.07, 6.45) is 8.34. The number of carbonyl (C=O) groups is 1. The molecule has 4 bridgehead atoms. The second kappa shape index (κ2) is 6.14. The van der Waals surface area contributed by atoms with Gasteiger partial charge in [-0.2, -0.15) is 0 Å². The van der Waals surface area contributed by atoms with Crippen molar-refractivity contribution < 1.29 is 9.18 Å². The number of amides is 1. The van der Waals surface area contributed by atoms with E-state index in [0.29, 0.717) is 23.7 Å². The molecule has 0 saturated heterocycles. The molecular weight excluding hydrogens is 303 g/mol. The average Bonchev–Trinajstić information content (AvgIpc) is 2.53. The van der Waals surface area contributed by atoms with E-state index in [1.54, 1.807) is 12.1 Å². The van der Waals surface area contributed by atoms with Gasteiger partial charge in [-0.05, 0) is 92.9 Å². The van der Waals surface area contributed by atoms with Gasteiger partial charge in [0.25, 0.3) is 0 Å². The molecule has 1 aromatic rings. The standard InChI is InChI=1S/C20H27FN2O/c1-13(20-9-14-6-15(10-20)8-16(7-14)11-20)22-12-19(24)23-18-4-2-17(21)3-5-18/h2-5,13-16,22H,6-12H2,1H3,(H,23,24)/t13-,14?,15?,16?,20?/m1/s1. The summed E-state index contributed by atoms with van der Waals surface area (Å²) in [7, 11) is 0. The molecule has 3 nitrogen and oxygen atoms in total. The molecule has 0 unspecified atom stereocenters. The first kappa shape index (κ1) is 16.1. The largest absolute Gasteiger partial charge is 0.325 e. The molecule has 0 spiro atoms. The zero-order valence-corrected chi connectivity index (χ0v) is 14.4. The molecule has 1 atom stereocenters. The van der Waals surface area contributed by atoms with Crippen LogP contribution >= 0.6 is 0 Å². The Labute approximate surface area is 143 Å². The lowest BCUT2D eigenvalue weighted by molar-refractivity contribution is -0.116. The van der Waals surface area contributed by atoms with E-state index in [1.165, 1.54) is 50.7 Å². The van der Waals surface area contributed by atoms with Crippen LogP contribution in [0.5, 0.6) is 0 Å². The van der Waals surface area contributed by atoms with Gasteiger partial charge in [0, 0.05) is 11.7 Å². The van der Waals surface area contributed by atoms with E-state index in [4.69, 9.17) is 0 Å². The quantitative estimate of drug-likeness (QED) is 0.858. The minimum Gasteiger partial charge on any atom is -0.325 e. The molecule has 24 heavy (non-hydrogen) atoms. The van der Waals surface area contributed by atoms with E-state index in [9.17, 15) is 9.18 Å². The number of benzene rings is 1. The van der Waals surface area contributed by atoms with Crippen LogP contribution in [0.1, 0.15) is 45.4 Å². The minimum absolute atomic E-state index is 0.0572. The third-order valence-corrected chi connectivity index (χ3v) is 6.70. The molecule has 0 heterocycles. The van der Waals surface area contributed by atoms with Crippen molar-refractivity contribution in [2.75, 3.05) is 11.9 Å². The molecule has 4 aliphatic rings. The number of rotatable bonds is 5. The van der Waals surface area contributed by atoms with E-state index in [0.717, 1.165) is 17.8 Å². The smallest absolute Gasteiger partial charge is 0.238 e. The second-order valence-corrected chi connectivity index (χ2v) is 8.44. The first-order valence-corrected chi connectivity index (χ1v) is 9.31. The van der Waals surface area contributed by atoms with Crippen LogP contribution in [0.3, 0.4) is 0 Å². The van der Waals surface area contributed by atoms with Crippen LogP contribution in [0.2, 0.25) is 0 Å². The topological polar surface area (TPSA) is 41.1 Å². The highest BCUT2D eigenvalue weighted by Gasteiger charge is 2.52. The van der Waals surface area contributed by atoms with Crippen LogP contribution in [-0.2, 0) is 4.79 Å². The Kier molecular flexibility index (Phi) is 4.11. The molecule has 2 N–H and O–H groups in total. The number of anilines is 1. The van der Waals surface area contributed by atoms with E-state index in [1.807, 2.05) is 0 Å². The molecule has 1 aromatic carbocycles. The van der Waals surface area contributed by atoms with Crippen molar-refractivity contribution in [3.63, 3.8) is 0 Å². The normalized spacial score (nSPS) is 35.0. The fourth-order valence-electron chi connectivity index (χ4n) is 5.91. The Bertz CT molecular complexity index is 577. The van der Waals surface area contributed by atoms with Gasteiger partial charge in [-0.1, -0.05) is 0 Å². The van der Waals surface area contributed by atoms with Gasteiger partial charge in [0.05, 0.1) is 6.54 Å². The number of hydrogen-bond donors (Lipinski definition) is 2. The van der Waals surface area contributed by atoms with Crippen molar-refractivity contribution in [1.29, 1.82) is 0 Å². The van der Waals surface area contributed by atoms with Crippen LogP contribution in [0.15, 0.2) is 24.3 Å². The summed E-state index contributed by atoms with van der Waals surface area (Å²) in [6, 6.07) is 6.29. The van der Waals surface area contributed by atoms with Gasteiger partial charge in [-0.3, -0.25) is 4.79 Å². The van der Waals surface area contributed by atoms with Gasteiger partial charge in [0.2, 0.25) is 5.91 Å². The summed E-state index contributed by atoms with van der Waals surface area (Å²) in [5.74, 6) is 2.43. The summed E-state index contributed by atoms with van der Waals surface area (Å²) in [6.45, 7) is 2.58. The van der Waals surface area contributed by atoms with Crippen molar-refractivity contribution >= 4 is 11.6 Å². The third kappa shape index (κ3) is 3.08. The van der Waals surface area contributed by atoms with E-state index < -0.39 is 0 Å². The highest BCUT2D eigenvalue weighted by Crippen LogP contribution is 2.61. The molecule has 0 aromatic heterocycles. The second-order valence-electron chi connectivity index (χ2n) is 8.44. The van der Waals surface area contributed by atoms with Gasteiger partial charge >= 0.3 is 0 Å². The number of halogens is 1. The fraction of sp³-hybridized carbons (Fsp3) is 0.650. The highest BCUT2D eigenvalue weighted by molar-refractivity contribution is 5.92. The molecular formula is C20H27FN2O. The first-order chi connectivity index (χ1) is 11.5. The summed E-state index contributed by atoms with van der Waals surface area (Å²) < 4.78 is 12.9. The Morgan fingerprint density at radius 2 is 1.67 bits per heavy atom. The number of carbonyl (C=O) groups excluding carboxylic acids is 1. The average molecular weight is 330 g/mol. The Hall–Kier alpha value is -1.42. The summed E-state index contributed by atoms with van der Waals surface area (Å²) >= 11 is 0. The third-order valence-electron chi connectivity index (χ3n) is 6.70. The van der Waals surface area contributed by atoms with Crippen LogP contribution in [-0.4, -0.2) is 18.5 Å². The van der Waals surface area contributed by atoms with Crippen LogP contribution in [0.25, 0.3) is 0 Å². The van der Waals surface area contributed by atoms with E-state index in [2.05, 4.69) is 17.6 Å². The zero-order valence-electron chi connectivity index (χ0n) is 14.4. The van der Waals surface area contributed by atoms with Gasteiger partial charge in [-0.25, -0.2) is 4.39 Å². The van der Waals surface area contributed by atoms with Crippen LogP contribution in [0.4, 0.5) is 10.1 Å². The van der Waals surface area contributed by atoms with Crippen molar-refractivity contribution in [2.24, 2.45) is 23.2 Å². The van der Waals surface area contributed by atoms with Crippen LogP contribution < -0.4 is 10.6 Å². The highest BCUT2D eigenvalue weighted by atomic mass is 19.1. The van der Waals surface area contributed by atoms with Gasteiger partial charge < -0.3 is 10.6 Å². The maximum atomic E-state index is 12.9. The summed E-state index contributed by atoms with van der Waals surface area (Å²) in [4.78, 5) is 12.2. The molecule has 130 valence electrons. The van der Waals surface area contributed by atoms with Gasteiger partial charge in [-0.15, -0.1) is 0 Å². The predicted octanol–water partition coefficient (Wildman–Crippen LogP) is 3.96. The lowest BCUT2D eigenvalue weighted by Crippen LogP contribution is -2.55. The molecule has 4 saturated carbocycles. The van der Waals surface area contributed by atoms with E-state index >= 15 is 0 Å². The molecule has 1 amide bonds. The number of nitrogens with one attached hydrogen (secondary N) is 2. The summed E-state index contributed by atoms with van der Waals surface area (Å²) in [5.41, 5.74) is 1.05. The van der Waals surface area contributed by atoms with Crippen molar-refractivity contribution in [3.8, 4) is 0 Å².